The third-order valence-electron chi connectivity index (χ3n) is 3.67. The zero-order valence-corrected chi connectivity index (χ0v) is 12.0. The van der Waals surface area contributed by atoms with Gasteiger partial charge in [-0.25, -0.2) is 0 Å². The fourth-order valence-corrected chi connectivity index (χ4v) is 2.59. The molecule has 1 fully saturated rings. The van der Waals surface area contributed by atoms with Gasteiger partial charge in [0.2, 0.25) is 0 Å². The lowest BCUT2D eigenvalue weighted by Gasteiger charge is -2.39. The van der Waals surface area contributed by atoms with Crippen molar-refractivity contribution in [2.45, 2.75) is 18.9 Å². The quantitative estimate of drug-likeness (QED) is 0.607. The summed E-state index contributed by atoms with van der Waals surface area (Å²) in [5, 5.41) is 1.66. The predicted octanol–water partition coefficient (Wildman–Crippen LogP) is 1.87. The van der Waals surface area contributed by atoms with E-state index in [0.29, 0.717) is 19.6 Å². The fourth-order valence-electron chi connectivity index (χ4n) is 2.43. The number of hydrogen-bond donors (Lipinski definition) is 0. The number of benzene rings is 1. The van der Waals surface area contributed by atoms with Crippen LogP contribution in [0.5, 0.6) is 0 Å². The van der Waals surface area contributed by atoms with E-state index in [-0.39, 0.29) is 0 Å². The summed E-state index contributed by atoms with van der Waals surface area (Å²) in [4.78, 5) is 13.8. The molecule has 19 heavy (non-hydrogen) atoms. The molecule has 0 N–H and O–H groups in total. The first-order valence-electron chi connectivity index (χ1n) is 6.51. The molecule has 0 saturated carbocycles. The molecule has 0 bridgehead atoms. The SMILES string of the molecule is CC(C=O)(Cc1ccc(C=S)cc1)N1CCOCC1. The maximum absolute atomic E-state index is 11.5. The van der Waals surface area contributed by atoms with Gasteiger partial charge < -0.3 is 9.53 Å². The molecule has 1 saturated heterocycles. The van der Waals surface area contributed by atoms with Crippen molar-refractivity contribution in [2.75, 3.05) is 26.3 Å². The number of nitrogens with zero attached hydrogens (tertiary/aromatic N) is 1. The number of ether oxygens (including phenoxy) is 1. The van der Waals surface area contributed by atoms with Crippen molar-refractivity contribution in [2.24, 2.45) is 0 Å². The summed E-state index contributed by atoms with van der Waals surface area (Å²) in [6.07, 6.45) is 1.78. The van der Waals surface area contributed by atoms with Crippen molar-refractivity contribution >= 4 is 23.9 Å². The molecule has 4 heteroatoms. The van der Waals surface area contributed by atoms with Gasteiger partial charge in [-0.1, -0.05) is 36.5 Å². The van der Waals surface area contributed by atoms with Crippen molar-refractivity contribution in [1.82, 2.24) is 4.90 Å². The van der Waals surface area contributed by atoms with Gasteiger partial charge in [-0.05, 0) is 24.5 Å². The number of rotatable bonds is 5. The Morgan fingerprint density at radius 2 is 1.95 bits per heavy atom. The molecule has 0 radical (unpaired) electrons. The van der Waals surface area contributed by atoms with Crippen LogP contribution < -0.4 is 0 Å². The second kappa shape index (κ2) is 6.37. The molecule has 0 aliphatic carbocycles. The summed E-state index contributed by atoms with van der Waals surface area (Å²) in [6, 6.07) is 8.07. The van der Waals surface area contributed by atoms with Crippen LogP contribution in [0.4, 0.5) is 0 Å². The fraction of sp³-hybridized carbons (Fsp3) is 0.467. The van der Waals surface area contributed by atoms with Crippen molar-refractivity contribution in [1.29, 1.82) is 0 Å². The van der Waals surface area contributed by atoms with Crippen LogP contribution in [0.15, 0.2) is 24.3 Å². The first-order chi connectivity index (χ1) is 9.18. The molecule has 102 valence electrons. The van der Waals surface area contributed by atoms with E-state index in [4.69, 9.17) is 17.0 Å². The second-order valence-electron chi connectivity index (χ2n) is 5.11. The van der Waals surface area contributed by atoms with Crippen molar-refractivity contribution in [3.05, 3.63) is 35.4 Å². The molecule has 0 spiro atoms. The van der Waals surface area contributed by atoms with E-state index < -0.39 is 5.54 Å². The Balaban J connectivity index is 2.11. The van der Waals surface area contributed by atoms with Gasteiger partial charge in [0.15, 0.2) is 0 Å². The molecule has 1 atom stereocenters. The summed E-state index contributed by atoms with van der Waals surface area (Å²) in [5.74, 6) is 0. The minimum Gasteiger partial charge on any atom is -0.379 e. The van der Waals surface area contributed by atoms with E-state index in [1.165, 1.54) is 0 Å². The second-order valence-corrected chi connectivity index (χ2v) is 5.35. The Bertz CT molecular complexity index is 440. The van der Waals surface area contributed by atoms with Gasteiger partial charge in [-0.2, -0.15) is 0 Å². The maximum atomic E-state index is 11.5. The number of morpholine rings is 1. The summed E-state index contributed by atoms with van der Waals surface area (Å²) in [5.41, 5.74) is 1.72. The number of aldehydes is 1. The third-order valence-corrected chi connectivity index (χ3v) is 3.94. The van der Waals surface area contributed by atoms with Crippen molar-refractivity contribution in [3.63, 3.8) is 0 Å². The Morgan fingerprint density at radius 1 is 1.32 bits per heavy atom. The monoisotopic (exact) mass is 277 g/mol. The van der Waals surface area contributed by atoms with Crippen LogP contribution in [0.25, 0.3) is 0 Å². The molecule has 1 heterocycles. The van der Waals surface area contributed by atoms with Crippen LogP contribution in [0.2, 0.25) is 0 Å². The largest absolute Gasteiger partial charge is 0.379 e. The van der Waals surface area contributed by atoms with Crippen molar-refractivity contribution < 1.29 is 9.53 Å². The molecular weight excluding hydrogens is 258 g/mol. The van der Waals surface area contributed by atoms with Crippen LogP contribution in [0.1, 0.15) is 18.1 Å². The van der Waals surface area contributed by atoms with Gasteiger partial charge in [-0.15, -0.1) is 0 Å². The van der Waals surface area contributed by atoms with Crippen molar-refractivity contribution in [3.8, 4) is 0 Å². The van der Waals surface area contributed by atoms with E-state index >= 15 is 0 Å². The molecule has 1 aromatic rings. The van der Waals surface area contributed by atoms with Gasteiger partial charge in [0.05, 0.1) is 18.8 Å². The molecule has 0 aromatic heterocycles. The first kappa shape index (κ1) is 14.3. The summed E-state index contributed by atoms with van der Waals surface area (Å²) >= 11 is 4.89. The Labute approximate surface area is 119 Å². The predicted molar refractivity (Wildman–Crippen MR) is 79.8 cm³/mol. The lowest BCUT2D eigenvalue weighted by atomic mass is 9.91. The average molecular weight is 277 g/mol. The van der Waals surface area contributed by atoms with Crippen LogP contribution in [-0.2, 0) is 16.0 Å². The van der Waals surface area contributed by atoms with Crippen LogP contribution in [0, 0.1) is 0 Å². The normalized spacial score (nSPS) is 19.6. The number of carbonyl (C=O) groups is 1. The lowest BCUT2D eigenvalue weighted by molar-refractivity contribution is -0.120. The maximum Gasteiger partial charge on any atom is 0.140 e. The first-order valence-corrected chi connectivity index (χ1v) is 6.98. The smallest absolute Gasteiger partial charge is 0.140 e. The molecule has 0 amide bonds. The highest BCUT2D eigenvalue weighted by Crippen LogP contribution is 2.20. The number of carbonyl (C=O) groups excluding carboxylic acids is 1. The highest BCUT2D eigenvalue weighted by Gasteiger charge is 2.32. The van der Waals surface area contributed by atoms with Crippen LogP contribution >= 0.6 is 12.2 Å². The van der Waals surface area contributed by atoms with E-state index in [9.17, 15) is 4.79 Å². The number of thiocarbonyl (C=S) groups is 1. The standard InChI is InChI=1S/C15H19NO2S/c1-15(12-17,16-6-8-18-9-7-16)10-13-2-4-14(11-19)5-3-13/h2-5,11-12H,6-10H2,1H3. The topological polar surface area (TPSA) is 29.5 Å². The Hall–Kier alpha value is -1.10. The molecule has 1 aromatic carbocycles. The zero-order chi connectivity index (χ0) is 13.7. The molecule has 1 aliphatic heterocycles. The summed E-state index contributed by atoms with van der Waals surface area (Å²) in [6.45, 7) is 5.03. The van der Waals surface area contributed by atoms with Gasteiger partial charge in [-0.3, -0.25) is 4.90 Å². The highest BCUT2D eigenvalue weighted by atomic mass is 32.1. The van der Waals surface area contributed by atoms with E-state index in [0.717, 1.165) is 30.5 Å². The van der Waals surface area contributed by atoms with Crippen LogP contribution in [-0.4, -0.2) is 48.4 Å². The van der Waals surface area contributed by atoms with Gasteiger partial charge in [0, 0.05) is 18.5 Å². The summed E-state index contributed by atoms with van der Waals surface area (Å²) < 4.78 is 5.35. The molecular formula is C15H19NO2S. The number of hydrogen-bond acceptors (Lipinski definition) is 4. The van der Waals surface area contributed by atoms with E-state index in [1.54, 1.807) is 5.37 Å². The van der Waals surface area contributed by atoms with Gasteiger partial charge in [0.1, 0.15) is 6.29 Å². The highest BCUT2D eigenvalue weighted by molar-refractivity contribution is 7.79. The Kier molecular flexibility index (Phi) is 4.80. The molecule has 1 aliphatic rings. The molecule has 3 nitrogen and oxygen atoms in total. The lowest BCUT2D eigenvalue weighted by Crippen LogP contribution is -2.54. The zero-order valence-electron chi connectivity index (χ0n) is 11.2. The van der Waals surface area contributed by atoms with E-state index in [2.05, 4.69) is 4.90 Å². The third kappa shape index (κ3) is 3.47. The van der Waals surface area contributed by atoms with Gasteiger partial charge in [0.25, 0.3) is 0 Å². The minimum absolute atomic E-state index is 0.455. The molecule has 2 rings (SSSR count). The Morgan fingerprint density at radius 3 is 2.47 bits per heavy atom. The molecule has 1 unspecified atom stereocenters. The summed E-state index contributed by atoms with van der Waals surface area (Å²) in [7, 11) is 0. The van der Waals surface area contributed by atoms with Gasteiger partial charge >= 0.3 is 0 Å². The van der Waals surface area contributed by atoms with E-state index in [1.807, 2.05) is 31.2 Å². The minimum atomic E-state index is -0.455. The van der Waals surface area contributed by atoms with Crippen LogP contribution in [0.3, 0.4) is 0 Å². The average Bonchev–Trinajstić information content (AvgIpc) is 2.49.